The van der Waals surface area contributed by atoms with E-state index in [1.165, 1.54) is 0 Å². The molecule has 18 heavy (non-hydrogen) atoms. The van der Waals surface area contributed by atoms with Crippen molar-refractivity contribution in [2.24, 2.45) is 4.99 Å². The van der Waals surface area contributed by atoms with E-state index in [2.05, 4.69) is 22.2 Å². The van der Waals surface area contributed by atoms with Crippen LogP contribution in [0.15, 0.2) is 17.6 Å². The van der Waals surface area contributed by atoms with Crippen molar-refractivity contribution in [3.63, 3.8) is 0 Å². The van der Waals surface area contributed by atoms with Gasteiger partial charge in [-0.15, -0.1) is 6.58 Å². The molecular formula is C13H25N3O2. The second-order valence-electron chi connectivity index (χ2n) is 4.14. The molecule has 1 aliphatic heterocycles. The Labute approximate surface area is 110 Å². The molecular weight excluding hydrogens is 230 g/mol. The molecule has 1 rings (SSSR count). The summed E-state index contributed by atoms with van der Waals surface area (Å²) in [6.45, 7) is 10.1. The second kappa shape index (κ2) is 9.91. The lowest BCUT2D eigenvalue weighted by molar-refractivity contribution is 0.0200. The zero-order chi connectivity index (χ0) is 13.1. The molecule has 1 unspecified atom stereocenters. The summed E-state index contributed by atoms with van der Waals surface area (Å²) in [5.41, 5.74) is 0. The lowest BCUT2D eigenvalue weighted by Crippen LogP contribution is -2.37. The number of rotatable bonds is 8. The van der Waals surface area contributed by atoms with Crippen molar-refractivity contribution >= 4 is 5.96 Å². The van der Waals surface area contributed by atoms with Gasteiger partial charge in [-0.25, -0.2) is 0 Å². The lowest BCUT2D eigenvalue weighted by Gasteiger charge is -2.11. The summed E-state index contributed by atoms with van der Waals surface area (Å²) in [4.78, 5) is 4.40. The first-order chi connectivity index (χ1) is 8.86. The summed E-state index contributed by atoms with van der Waals surface area (Å²) in [5.74, 6) is 0.804. The third kappa shape index (κ3) is 6.61. The largest absolute Gasteiger partial charge is 0.377 e. The molecule has 0 spiro atoms. The quantitative estimate of drug-likeness (QED) is 0.293. The van der Waals surface area contributed by atoms with Crippen LogP contribution in [0, 0.1) is 0 Å². The number of nitrogens with zero attached hydrogens (tertiary/aromatic N) is 1. The van der Waals surface area contributed by atoms with Crippen LogP contribution in [0.4, 0.5) is 0 Å². The SMILES string of the molecule is C=CCNC(=NCCOCC1CCCO1)NCC. The minimum absolute atomic E-state index is 0.293. The van der Waals surface area contributed by atoms with Gasteiger partial charge in [0.15, 0.2) is 5.96 Å². The Bertz CT molecular complexity index is 251. The molecule has 0 aliphatic carbocycles. The predicted octanol–water partition coefficient (Wildman–Crippen LogP) is 0.923. The highest BCUT2D eigenvalue weighted by Gasteiger charge is 2.14. The van der Waals surface area contributed by atoms with E-state index in [0.29, 0.717) is 32.4 Å². The van der Waals surface area contributed by atoms with Gasteiger partial charge in [-0.05, 0) is 19.8 Å². The first-order valence-corrected chi connectivity index (χ1v) is 6.69. The van der Waals surface area contributed by atoms with Crippen molar-refractivity contribution < 1.29 is 9.47 Å². The maximum atomic E-state index is 5.54. The zero-order valence-corrected chi connectivity index (χ0v) is 11.3. The highest BCUT2D eigenvalue weighted by molar-refractivity contribution is 5.79. The summed E-state index contributed by atoms with van der Waals surface area (Å²) < 4.78 is 11.0. The van der Waals surface area contributed by atoms with Crippen LogP contribution >= 0.6 is 0 Å². The lowest BCUT2D eigenvalue weighted by atomic mass is 10.2. The molecule has 1 fully saturated rings. The first-order valence-electron chi connectivity index (χ1n) is 6.69. The molecule has 104 valence electrons. The van der Waals surface area contributed by atoms with E-state index in [-0.39, 0.29) is 0 Å². The van der Waals surface area contributed by atoms with Gasteiger partial charge >= 0.3 is 0 Å². The van der Waals surface area contributed by atoms with Crippen LogP contribution in [0.1, 0.15) is 19.8 Å². The molecule has 0 amide bonds. The molecule has 1 saturated heterocycles. The molecule has 0 saturated carbocycles. The van der Waals surface area contributed by atoms with E-state index in [4.69, 9.17) is 9.47 Å². The van der Waals surface area contributed by atoms with Gasteiger partial charge < -0.3 is 20.1 Å². The van der Waals surface area contributed by atoms with E-state index in [1.54, 1.807) is 6.08 Å². The van der Waals surface area contributed by atoms with Crippen LogP contribution in [0.5, 0.6) is 0 Å². The highest BCUT2D eigenvalue weighted by Crippen LogP contribution is 2.11. The average molecular weight is 255 g/mol. The topological polar surface area (TPSA) is 54.9 Å². The molecule has 1 heterocycles. The fourth-order valence-corrected chi connectivity index (χ4v) is 1.72. The van der Waals surface area contributed by atoms with Crippen molar-refractivity contribution in [3.8, 4) is 0 Å². The summed E-state index contributed by atoms with van der Waals surface area (Å²) in [6, 6.07) is 0. The highest BCUT2D eigenvalue weighted by atomic mass is 16.5. The fraction of sp³-hybridized carbons (Fsp3) is 0.769. The number of nitrogens with one attached hydrogen (secondary N) is 2. The van der Waals surface area contributed by atoms with E-state index >= 15 is 0 Å². The van der Waals surface area contributed by atoms with E-state index in [0.717, 1.165) is 32.0 Å². The number of aliphatic imine (C=N–C) groups is 1. The minimum atomic E-state index is 0.293. The Morgan fingerprint density at radius 1 is 1.56 bits per heavy atom. The molecule has 0 bridgehead atoms. The zero-order valence-electron chi connectivity index (χ0n) is 11.3. The third-order valence-corrected chi connectivity index (χ3v) is 2.59. The number of guanidine groups is 1. The summed E-state index contributed by atoms with van der Waals surface area (Å²) in [5, 5.41) is 6.30. The maximum absolute atomic E-state index is 5.54. The fourth-order valence-electron chi connectivity index (χ4n) is 1.72. The van der Waals surface area contributed by atoms with Crippen molar-refractivity contribution in [2.45, 2.75) is 25.9 Å². The van der Waals surface area contributed by atoms with Crippen LogP contribution in [0.25, 0.3) is 0 Å². The van der Waals surface area contributed by atoms with Gasteiger partial charge in [0.2, 0.25) is 0 Å². The van der Waals surface area contributed by atoms with Crippen LogP contribution in [0.3, 0.4) is 0 Å². The molecule has 0 aromatic carbocycles. The van der Waals surface area contributed by atoms with Gasteiger partial charge in [0.25, 0.3) is 0 Å². The summed E-state index contributed by atoms with van der Waals surface area (Å²) in [7, 11) is 0. The third-order valence-electron chi connectivity index (χ3n) is 2.59. The Kier molecular flexibility index (Phi) is 8.25. The second-order valence-corrected chi connectivity index (χ2v) is 4.14. The number of hydrogen-bond donors (Lipinski definition) is 2. The Balaban J connectivity index is 2.08. The standard InChI is InChI=1S/C13H25N3O2/c1-3-7-15-13(14-4-2)16-8-10-17-11-12-6-5-9-18-12/h3,12H,1,4-11H2,2H3,(H2,14,15,16). The van der Waals surface area contributed by atoms with Crippen LogP contribution in [-0.4, -0.2) is 51.5 Å². The molecule has 0 radical (unpaired) electrons. The van der Waals surface area contributed by atoms with Crippen LogP contribution < -0.4 is 10.6 Å². The van der Waals surface area contributed by atoms with E-state index in [1.807, 2.05) is 6.92 Å². The number of ether oxygens (including phenoxy) is 2. The Hall–Kier alpha value is -1.07. The predicted molar refractivity (Wildman–Crippen MR) is 74.0 cm³/mol. The summed E-state index contributed by atoms with van der Waals surface area (Å²) in [6.07, 6.45) is 4.37. The molecule has 0 aromatic heterocycles. The van der Waals surface area contributed by atoms with Gasteiger partial charge in [0.05, 0.1) is 25.9 Å². The molecule has 5 heteroatoms. The molecule has 2 N–H and O–H groups in total. The van der Waals surface area contributed by atoms with Crippen molar-refractivity contribution in [1.29, 1.82) is 0 Å². The van der Waals surface area contributed by atoms with Gasteiger partial charge in [0, 0.05) is 19.7 Å². The van der Waals surface area contributed by atoms with Gasteiger partial charge in [-0.2, -0.15) is 0 Å². The monoisotopic (exact) mass is 255 g/mol. The first kappa shape index (κ1) is 15.0. The average Bonchev–Trinajstić information content (AvgIpc) is 2.88. The molecule has 1 atom stereocenters. The van der Waals surface area contributed by atoms with Crippen LogP contribution in [-0.2, 0) is 9.47 Å². The van der Waals surface area contributed by atoms with Gasteiger partial charge in [0.1, 0.15) is 0 Å². The Morgan fingerprint density at radius 3 is 3.11 bits per heavy atom. The number of hydrogen-bond acceptors (Lipinski definition) is 3. The van der Waals surface area contributed by atoms with E-state index in [9.17, 15) is 0 Å². The van der Waals surface area contributed by atoms with Gasteiger partial charge in [-0.1, -0.05) is 6.08 Å². The van der Waals surface area contributed by atoms with E-state index < -0.39 is 0 Å². The normalized spacial score (nSPS) is 19.8. The minimum Gasteiger partial charge on any atom is -0.377 e. The molecule has 5 nitrogen and oxygen atoms in total. The molecule has 0 aromatic rings. The molecule has 1 aliphatic rings. The van der Waals surface area contributed by atoms with Crippen LogP contribution in [0.2, 0.25) is 0 Å². The van der Waals surface area contributed by atoms with Crippen molar-refractivity contribution in [1.82, 2.24) is 10.6 Å². The van der Waals surface area contributed by atoms with Crippen molar-refractivity contribution in [2.75, 3.05) is 39.5 Å². The smallest absolute Gasteiger partial charge is 0.191 e. The van der Waals surface area contributed by atoms with Crippen molar-refractivity contribution in [3.05, 3.63) is 12.7 Å². The summed E-state index contributed by atoms with van der Waals surface area (Å²) >= 11 is 0. The maximum Gasteiger partial charge on any atom is 0.191 e. The Morgan fingerprint density at radius 2 is 2.44 bits per heavy atom. The van der Waals surface area contributed by atoms with Gasteiger partial charge in [-0.3, -0.25) is 4.99 Å².